The second-order valence-electron chi connectivity index (χ2n) is 7.73. The summed E-state index contributed by atoms with van der Waals surface area (Å²) in [7, 11) is 3.10. The lowest BCUT2D eigenvalue weighted by Gasteiger charge is -2.28. The maximum atomic E-state index is 13.6. The Labute approximate surface area is 181 Å². The standard InChI is InChI=1S/C23H27N3O5/c1-15(2)13-24-20(27)14-26-21(28)23(25-22(26)29,16-5-9-18(30-3)10-6-16)17-7-11-19(31-4)12-8-17/h5-12,15H,13-14H2,1-4H3,(H,24,27)(H,25,29). The number of urea groups is 1. The molecule has 4 amide bonds. The molecule has 2 aromatic rings. The van der Waals surface area contributed by atoms with Crippen molar-refractivity contribution in [2.45, 2.75) is 19.4 Å². The first-order valence-electron chi connectivity index (χ1n) is 10.0. The maximum absolute atomic E-state index is 13.6. The number of hydrogen-bond acceptors (Lipinski definition) is 5. The van der Waals surface area contributed by atoms with Gasteiger partial charge in [0.1, 0.15) is 18.0 Å². The third-order valence-electron chi connectivity index (χ3n) is 5.16. The summed E-state index contributed by atoms with van der Waals surface area (Å²) in [5.74, 6) is 0.584. The second-order valence-corrected chi connectivity index (χ2v) is 7.73. The lowest BCUT2D eigenvalue weighted by Crippen LogP contribution is -2.46. The van der Waals surface area contributed by atoms with Crippen LogP contribution in [0, 0.1) is 5.92 Å². The van der Waals surface area contributed by atoms with Crippen molar-refractivity contribution in [3.05, 3.63) is 59.7 Å². The third kappa shape index (κ3) is 4.33. The van der Waals surface area contributed by atoms with Crippen molar-refractivity contribution in [2.24, 2.45) is 5.92 Å². The summed E-state index contributed by atoms with van der Waals surface area (Å²) in [5, 5.41) is 5.56. The molecule has 8 heteroatoms. The molecule has 1 aliphatic rings. The van der Waals surface area contributed by atoms with Crippen LogP contribution in [0.3, 0.4) is 0 Å². The van der Waals surface area contributed by atoms with E-state index in [0.29, 0.717) is 29.2 Å². The van der Waals surface area contributed by atoms with Crippen molar-refractivity contribution in [1.82, 2.24) is 15.5 Å². The van der Waals surface area contributed by atoms with Crippen LogP contribution in [-0.2, 0) is 15.1 Å². The number of hydrogen-bond donors (Lipinski definition) is 2. The molecule has 1 heterocycles. The number of benzene rings is 2. The molecule has 0 spiro atoms. The van der Waals surface area contributed by atoms with E-state index in [0.717, 1.165) is 4.90 Å². The van der Waals surface area contributed by atoms with Crippen LogP contribution < -0.4 is 20.1 Å². The van der Waals surface area contributed by atoms with Gasteiger partial charge in [0.05, 0.1) is 14.2 Å². The van der Waals surface area contributed by atoms with Gasteiger partial charge < -0.3 is 20.1 Å². The van der Waals surface area contributed by atoms with Crippen molar-refractivity contribution in [2.75, 3.05) is 27.3 Å². The van der Waals surface area contributed by atoms with E-state index in [4.69, 9.17) is 9.47 Å². The molecule has 8 nitrogen and oxygen atoms in total. The monoisotopic (exact) mass is 425 g/mol. The Hall–Kier alpha value is -3.55. The van der Waals surface area contributed by atoms with E-state index >= 15 is 0 Å². The van der Waals surface area contributed by atoms with Crippen molar-refractivity contribution in [3.63, 3.8) is 0 Å². The third-order valence-corrected chi connectivity index (χ3v) is 5.16. The van der Waals surface area contributed by atoms with E-state index in [1.807, 2.05) is 13.8 Å². The van der Waals surface area contributed by atoms with E-state index in [9.17, 15) is 14.4 Å². The summed E-state index contributed by atoms with van der Waals surface area (Å²) < 4.78 is 10.4. The van der Waals surface area contributed by atoms with Gasteiger partial charge in [-0.15, -0.1) is 0 Å². The Morgan fingerprint density at radius 1 is 0.968 bits per heavy atom. The number of carbonyl (C=O) groups is 3. The van der Waals surface area contributed by atoms with Gasteiger partial charge in [0.2, 0.25) is 5.91 Å². The normalized spacial score (nSPS) is 15.1. The first-order chi connectivity index (χ1) is 14.8. The molecule has 164 valence electrons. The molecule has 2 N–H and O–H groups in total. The Bertz CT molecular complexity index is 907. The lowest BCUT2D eigenvalue weighted by atomic mass is 9.82. The number of carbonyl (C=O) groups excluding carboxylic acids is 3. The minimum Gasteiger partial charge on any atom is -0.497 e. The summed E-state index contributed by atoms with van der Waals surface area (Å²) in [6.45, 7) is 4.04. The van der Waals surface area contributed by atoms with Crippen LogP contribution >= 0.6 is 0 Å². The highest BCUT2D eigenvalue weighted by Gasteiger charge is 2.54. The van der Waals surface area contributed by atoms with Gasteiger partial charge in [0, 0.05) is 6.54 Å². The molecule has 0 saturated carbocycles. The van der Waals surface area contributed by atoms with Gasteiger partial charge in [-0.25, -0.2) is 4.79 Å². The average molecular weight is 425 g/mol. The van der Waals surface area contributed by atoms with E-state index in [2.05, 4.69) is 10.6 Å². The molecule has 0 aromatic heterocycles. The summed E-state index contributed by atoms with van der Waals surface area (Å²) in [6, 6.07) is 13.2. The summed E-state index contributed by atoms with van der Waals surface area (Å²) >= 11 is 0. The number of methoxy groups -OCH3 is 2. The fourth-order valence-corrected chi connectivity index (χ4v) is 3.48. The molecular formula is C23H27N3O5. The van der Waals surface area contributed by atoms with Gasteiger partial charge in [0.25, 0.3) is 5.91 Å². The van der Waals surface area contributed by atoms with Crippen molar-refractivity contribution < 1.29 is 23.9 Å². The van der Waals surface area contributed by atoms with E-state index < -0.39 is 23.4 Å². The molecule has 0 atom stereocenters. The van der Waals surface area contributed by atoms with Gasteiger partial charge in [-0.1, -0.05) is 38.1 Å². The lowest BCUT2D eigenvalue weighted by molar-refractivity contribution is -0.134. The summed E-state index contributed by atoms with van der Waals surface area (Å²) in [4.78, 5) is 39.7. The molecule has 0 aliphatic carbocycles. The number of rotatable bonds is 8. The molecular weight excluding hydrogens is 398 g/mol. The van der Waals surface area contributed by atoms with Gasteiger partial charge >= 0.3 is 6.03 Å². The first kappa shape index (κ1) is 22.1. The largest absolute Gasteiger partial charge is 0.497 e. The fraction of sp³-hybridized carbons (Fsp3) is 0.348. The average Bonchev–Trinajstić information content (AvgIpc) is 3.03. The highest BCUT2D eigenvalue weighted by molar-refractivity contribution is 6.11. The number of ether oxygens (including phenoxy) is 2. The van der Waals surface area contributed by atoms with Crippen LogP contribution in [0.25, 0.3) is 0 Å². The molecule has 1 saturated heterocycles. The molecule has 1 fully saturated rings. The smallest absolute Gasteiger partial charge is 0.326 e. The molecule has 31 heavy (non-hydrogen) atoms. The number of nitrogens with one attached hydrogen (secondary N) is 2. The molecule has 0 unspecified atom stereocenters. The zero-order valence-electron chi connectivity index (χ0n) is 18.1. The SMILES string of the molecule is COc1ccc(C2(c3ccc(OC)cc3)NC(=O)N(CC(=O)NCC(C)C)C2=O)cc1. The number of nitrogens with zero attached hydrogens (tertiary/aromatic N) is 1. The number of amides is 4. The van der Waals surface area contributed by atoms with Crippen molar-refractivity contribution in [3.8, 4) is 11.5 Å². The van der Waals surface area contributed by atoms with Crippen LogP contribution in [0.2, 0.25) is 0 Å². The second kappa shape index (κ2) is 9.07. The Morgan fingerprint density at radius 2 is 1.45 bits per heavy atom. The van der Waals surface area contributed by atoms with E-state index in [1.165, 1.54) is 0 Å². The van der Waals surface area contributed by atoms with Crippen LogP contribution in [0.15, 0.2) is 48.5 Å². The number of imide groups is 1. The van der Waals surface area contributed by atoms with Crippen LogP contribution in [0.1, 0.15) is 25.0 Å². The molecule has 3 rings (SSSR count). The van der Waals surface area contributed by atoms with Crippen LogP contribution in [0.5, 0.6) is 11.5 Å². The predicted molar refractivity (Wildman–Crippen MR) is 115 cm³/mol. The fourth-order valence-electron chi connectivity index (χ4n) is 3.48. The van der Waals surface area contributed by atoms with Gasteiger partial charge in [0.15, 0.2) is 5.54 Å². The summed E-state index contributed by atoms with van der Waals surface area (Å²) in [6.07, 6.45) is 0. The molecule has 0 radical (unpaired) electrons. The maximum Gasteiger partial charge on any atom is 0.326 e. The highest BCUT2D eigenvalue weighted by atomic mass is 16.5. The quantitative estimate of drug-likeness (QED) is 0.633. The van der Waals surface area contributed by atoms with Gasteiger partial charge in [-0.3, -0.25) is 14.5 Å². The molecule has 2 aromatic carbocycles. The zero-order valence-corrected chi connectivity index (χ0v) is 18.1. The molecule has 0 bridgehead atoms. The van der Waals surface area contributed by atoms with Crippen LogP contribution in [0.4, 0.5) is 4.79 Å². The van der Waals surface area contributed by atoms with E-state index in [1.54, 1.807) is 62.8 Å². The Kier molecular flexibility index (Phi) is 6.48. The minimum absolute atomic E-state index is 0.254. The van der Waals surface area contributed by atoms with E-state index in [-0.39, 0.29) is 12.5 Å². The first-order valence-corrected chi connectivity index (χ1v) is 10.0. The Morgan fingerprint density at radius 3 is 1.87 bits per heavy atom. The van der Waals surface area contributed by atoms with Crippen molar-refractivity contribution in [1.29, 1.82) is 0 Å². The van der Waals surface area contributed by atoms with Crippen molar-refractivity contribution >= 4 is 17.8 Å². The van der Waals surface area contributed by atoms with Crippen LogP contribution in [-0.4, -0.2) is 50.1 Å². The molecule has 1 aliphatic heterocycles. The minimum atomic E-state index is -1.46. The Balaban J connectivity index is 2.00. The predicted octanol–water partition coefficient (Wildman–Crippen LogP) is 2.27. The van der Waals surface area contributed by atoms with Gasteiger partial charge in [-0.2, -0.15) is 0 Å². The highest BCUT2D eigenvalue weighted by Crippen LogP contribution is 2.37. The summed E-state index contributed by atoms with van der Waals surface area (Å²) in [5.41, 5.74) is -0.350. The topological polar surface area (TPSA) is 97.0 Å². The van der Waals surface area contributed by atoms with Gasteiger partial charge in [-0.05, 0) is 41.3 Å². The zero-order chi connectivity index (χ0) is 22.6.